The second-order valence-corrected chi connectivity index (χ2v) is 37.4. The Labute approximate surface area is 690 Å². The summed E-state index contributed by atoms with van der Waals surface area (Å²) in [6.45, 7) is 15.6. The Kier molecular flexibility index (Phi) is 52.9. The molecule has 3 aliphatic carbocycles. The van der Waals surface area contributed by atoms with E-state index >= 15 is 0 Å². The van der Waals surface area contributed by atoms with Gasteiger partial charge in [-0.3, -0.25) is 14.4 Å². The standard InChI is InChI=1S/C102H171O9P/c1-7-10-13-16-19-22-25-28-31-34-37-40-43-46-49-61-82-106-97(103)73-67-88-64-70-94(91(85-88)100(4)76-55-52-56-77-100)109-112(110-95-71-65-89(86-92(95)101(5)78-57-53-58-79-101)68-74-98(104)107-83-62-50-47-44-41-38-35-32-29-26-23-20-17-14-11-8-2)111-96-72-66-90(87-93(96)102(6)80-59-54-60-81-102)69-75-99(105)108-84-63-51-48-45-42-39-36-33-30-27-24-21-18-15-12-9-3/h64-66,70-72,85-87H,7-63,67-69,73-84H2,1-6H3. The molecule has 0 atom stereocenters. The van der Waals surface area contributed by atoms with E-state index in [-0.39, 0.29) is 34.2 Å². The van der Waals surface area contributed by atoms with E-state index in [1.807, 2.05) is 0 Å². The third-order valence-electron chi connectivity index (χ3n) is 26.1. The highest BCUT2D eigenvalue weighted by molar-refractivity contribution is 7.43. The quantitative estimate of drug-likeness (QED) is 0.0236. The number of hydrogen-bond donors (Lipinski definition) is 0. The molecule has 0 spiro atoms. The number of esters is 3. The van der Waals surface area contributed by atoms with Crippen LogP contribution in [0.25, 0.3) is 0 Å². The van der Waals surface area contributed by atoms with Crippen molar-refractivity contribution in [1.82, 2.24) is 0 Å². The van der Waals surface area contributed by atoms with Gasteiger partial charge in [-0.25, -0.2) is 0 Å². The van der Waals surface area contributed by atoms with Crippen LogP contribution in [0.1, 0.15) is 499 Å². The molecule has 0 amide bonds. The van der Waals surface area contributed by atoms with E-state index in [0.29, 0.717) is 58.3 Å². The van der Waals surface area contributed by atoms with Crippen molar-refractivity contribution in [3.05, 3.63) is 88.0 Å². The van der Waals surface area contributed by atoms with Crippen LogP contribution in [-0.2, 0) is 64.1 Å². The van der Waals surface area contributed by atoms with Crippen LogP contribution >= 0.6 is 8.60 Å². The van der Waals surface area contributed by atoms with Crippen molar-refractivity contribution < 1.29 is 42.2 Å². The molecule has 638 valence electrons. The summed E-state index contributed by atoms with van der Waals surface area (Å²) in [6, 6.07) is 19.8. The van der Waals surface area contributed by atoms with Crippen LogP contribution in [-0.4, -0.2) is 37.7 Å². The van der Waals surface area contributed by atoms with E-state index < -0.39 is 8.60 Å². The van der Waals surface area contributed by atoms with Gasteiger partial charge < -0.3 is 27.8 Å². The van der Waals surface area contributed by atoms with Gasteiger partial charge >= 0.3 is 26.5 Å². The van der Waals surface area contributed by atoms with E-state index in [4.69, 9.17) is 27.8 Å². The van der Waals surface area contributed by atoms with Crippen molar-refractivity contribution >= 4 is 26.5 Å². The Morgan fingerprint density at radius 1 is 0.268 bits per heavy atom. The molecule has 0 N–H and O–H groups in total. The van der Waals surface area contributed by atoms with E-state index in [1.165, 1.54) is 289 Å². The van der Waals surface area contributed by atoms with Gasteiger partial charge in [-0.1, -0.05) is 425 Å². The number of carbonyl (C=O) groups excluding carboxylic acids is 3. The fourth-order valence-corrected chi connectivity index (χ4v) is 19.5. The number of hydrogen-bond acceptors (Lipinski definition) is 9. The number of rotatable bonds is 69. The van der Waals surface area contributed by atoms with Gasteiger partial charge in [-0.05, 0) is 128 Å². The van der Waals surface area contributed by atoms with Crippen molar-refractivity contribution in [3.8, 4) is 17.2 Å². The summed E-state index contributed by atoms with van der Waals surface area (Å²) in [5, 5.41) is 0. The van der Waals surface area contributed by atoms with Crippen LogP contribution < -0.4 is 13.6 Å². The Balaban J connectivity index is 1.11. The predicted molar refractivity (Wildman–Crippen MR) is 476 cm³/mol. The first kappa shape index (κ1) is 96.7. The zero-order valence-electron chi connectivity index (χ0n) is 73.7. The number of carbonyl (C=O) groups is 3. The summed E-state index contributed by atoms with van der Waals surface area (Å²) in [4.78, 5) is 40.3. The average Bonchev–Trinajstić information content (AvgIpc) is 0.775. The highest BCUT2D eigenvalue weighted by Crippen LogP contribution is 2.54. The molecule has 3 aromatic rings. The molecule has 6 rings (SSSR count). The maximum Gasteiger partial charge on any atom is 0.530 e. The zero-order chi connectivity index (χ0) is 79.5. The lowest BCUT2D eigenvalue weighted by atomic mass is 9.70. The van der Waals surface area contributed by atoms with Crippen LogP contribution in [0.15, 0.2) is 54.6 Å². The van der Waals surface area contributed by atoms with Crippen LogP contribution in [0.3, 0.4) is 0 Å². The van der Waals surface area contributed by atoms with Crippen molar-refractivity contribution in [3.63, 3.8) is 0 Å². The molecule has 0 radical (unpaired) electrons. The maximum atomic E-state index is 13.4. The Hall–Kier alpha value is -4.10. The smallest absolute Gasteiger partial charge is 0.466 e. The molecule has 0 aromatic heterocycles. The van der Waals surface area contributed by atoms with Crippen LogP contribution in [0.2, 0.25) is 0 Å². The number of benzene rings is 3. The van der Waals surface area contributed by atoms with Gasteiger partial charge in [0.2, 0.25) is 0 Å². The first-order chi connectivity index (χ1) is 54.9. The molecular formula is C102H171O9P. The molecule has 0 heterocycles. The first-order valence-corrected chi connectivity index (χ1v) is 49.7. The van der Waals surface area contributed by atoms with Gasteiger partial charge in [0.25, 0.3) is 0 Å². The number of aryl methyl sites for hydroxylation is 3. The molecule has 9 nitrogen and oxygen atoms in total. The normalized spacial score (nSPS) is 15.3. The van der Waals surface area contributed by atoms with E-state index in [0.717, 1.165) is 166 Å². The minimum atomic E-state index is -2.14. The first-order valence-electron chi connectivity index (χ1n) is 48.6. The Morgan fingerprint density at radius 2 is 0.455 bits per heavy atom. The molecule has 0 aliphatic heterocycles. The lowest BCUT2D eigenvalue weighted by molar-refractivity contribution is -0.144. The van der Waals surface area contributed by atoms with Crippen molar-refractivity contribution in [2.75, 3.05) is 19.8 Å². The fourth-order valence-electron chi connectivity index (χ4n) is 18.4. The maximum absolute atomic E-state index is 13.4. The third-order valence-corrected chi connectivity index (χ3v) is 27.1. The Morgan fingerprint density at radius 3 is 0.652 bits per heavy atom. The highest BCUT2D eigenvalue weighted by Gasteiger charge is 2.39. The van der Waals surface area contributed by atoms with Crippen molar-refractivity contribution in [2.45, 2.75) is 501 Å². The minimum Gasteiger partial charge on any atom is -0.466 e. The monoisotopic (exact) mass is 1570 g/mol. The Bertz CT molecular complexity index is 2560. The van der Waals surface area contributed by atoms with Crippen molar-refractivity contribution in [2.24, 2.45) is 0 Å². The molecule has 112 heavy (non-hydrogen) atoms. The molecule has 0 bridgehead atoms. The molecule has 0 unspecified atom stereocenters. The molecule has 3 aromatic carbocycles. The fraction of sp³-hybridized carbons (Fsp3) is 0.794. The van der Waals surface area contributed by atoms with E-state index in [1.54, 1.807) is 0 Å². The largest absolute Gasteiger partial charge is 0.530 e. The third kappa shape index (κ3) is 41.8. The summed E-state index contributed by atoms with van der Waals surface area (Å²) in [5.74, 6) is 1.93. The minimum absolute atomic E-state index is 0.125. The van der Waals surface area contributed by atoms with Crippen LogP contribution in [0, 0.1) is 0 Å². The average molecular weight is 1570 g/mol. The molecule has 3 fully saturated rings. The summed E-state index contributed by atoms with van der Waals surface area (Å²) in [5.41, 5.74) is 6.34. The molecule has 10 heteroatoms. The summed E-state index contributed by atoms with van der Waals surface area (Å²) < 4.78 is 40.1. The van der Waals surface area contributed by atoms with Crippen LogP contribution in [0.4, 0.5) is 0 Å². The lowest BCUT2D eigenvalue weighted by Gasteiger charge is -2.37. The lowest BCUT2D eigenvalue weighted by Crippen LogP contribution is -2.27. The number of ether oxygens (including phenoxy) is 3. The molecular weight excluding hydrogens is 1400 g/mol. The molecule has 0 saturated heterocycles. The van der Waals surface area contributed by atoms with Gasteiger partial charge in [0.05, 0.1) is 19.8 Å². The molecule has 3 saturated carbocycles. The topological polar surface area (TPSA) is 107 Å². The predicted octanol–water partition coefficient (Wildman–Crippen LogP) is 32.3. The molecule has 3 aliphatic rings. The zero-order valence-corrected chi connectivity index (χ0v) is 74.6. The second-order valence-electron chi connectivity index (χ2n) is 36.4. The summed E-state index contributed by atoms with van der Waals surface area (Å²) >= 11 is 0. The van der Waals surface area contributed by atoms with Crippen molar-refractivity contribution in [1.29, 1.82) is 0 Å². The van der Waals surface area contributed by atoms with Gasteiger partial charge in [-0.15, -0.1) is 0 Å². The second kappa shape index (κ2) is 61.3. The van der Waals surface area contributed by atoms with Gasteiger partial charge in [-0.2, -0.15) is 0 Å². The van der Waals surface area contributed by atoms with Gasteiger partial charge in [0.15, 0.2) is 0 Å². The summed E-state index contributed by atoms with van der Waals surface area (Å²) in [6.07, 6.45) is 82.9. The highest BCUT2D eigenvalue weighted by atomic mass is 31.2. The van der Waals surface area contributed by atoms with Gasteiger partial charge in [0, 0.05) is 36.0 Å². The van der Waals surface area contributed by atoms with Gasteiger partial charge in [0.1, 0.15) is 17.2 Å². The number of unbranched alkanes of at least 4 members (excludes halogenated alkanes) is 45. The van der Waals surface area contributed by atoms with Crippen LogP contribution in [0.5, 0.6) is 17.2 Å². The SMILES string of the molecule is CCCCCCCCCCCCCCCCCCOC(=O)CCc1ccc(OP(Oc2ccc(CCC(=O)OCCCCCCCCCCCCCCCCCC)cc2C2(C)CCCCC2)Oc2ccc(CCC(=O)OCCCCCCCCCCCCCCCCCC)cc2C2(C)CCCCC2)c(C2(C)CCCCC2)c1. The van der Waals surface area contributed by atoms with E-state index in [9.17, 15) is 14.4 Å². The van der Waals surface area contributed by atoms with E-state index in [2.05, 4.69) is 96.1 Å². The summed E-state index contributed by atoms with van der Waals surface area (Å²) in [7, 11) is -2.14.